The average Bonchev–Trinajstić information content (AvgIpc) is 2.82. The summed E-state index contributed by atoms with van der Waals surface area (Å²) in [5.41, 5.74) is 4.40. The Balaban J connectivity index is 1.83. The summed E-state index contributed by atoms with van der Waals surface area (Å²) in [5, 5.41) is 3.87. The van der Waals surface area contributed by atoms with E-state index in [0.29, 0.717) is 11.1 Å². The highest BCUT2D eigenvalue weighted by molar-refractivity contribution is 9.10. The number of rotatable bonds is 2. The molecule has 5 aromatic carbocycles. The standard InChI is InChI=1S/C27H14Br2N2O/c28-15-12-13-16-17-7-5-8-19(27(32)18-6-1-2-9-21(18)29)24(17)26-25(20(16)14-15)30-22-10-3-4-11-23(22)31-26/h1-14H. The first kappa shape index (κ1) is 19.5. The summed E-state index contributed by atoms with van der Waals surface area (Å²) in [4.78, 5) is 23.7. The third-order valence-corrected chi connectivity index (χ3v) is 6.95. The lowest BCUT2D eigenvalue weighted by Crippen LogP contribution is -2.04. The largest absolute Gasteiger partial charge is 0.289 e. The molecule has 6 aromatic rings. The van der Waals surface area contributed by atoms with Gasteiger partial charge in [0.1, 0.15) is 0 Å². The van der Waals surface area contributed by atoms with Crippen LogP contribution in [0.25, 0.3) is 43.6 Å². The zero-order valence-electron chi connectivity index (χ0n) is 16.6. The van der Waals surface area contributed by atoms with Gasteiger partial charge in [0.05, 0.1) is 22.1 Å². The first-order chi connectivity index (χ1) is 15.6. The Morgan fingerprint density at radius 2 is 1.31 bits per heavy atom. The van der Waals surface area contributed by atoms with Crippen LogP contribution in [0.2, 0.25) is 0 Å². The van der Waals surface area contributed by atoms with Gasteiger partial charge in [0.2, 0.25) is 0 Å². The monoisotopic (exact) mass is 540 g/mol. The van der Waals surface area contributed by atoms with Crippen LogP contribution in [-0.2, 0) is 0 Å². The van der Waals surface area contributed by atoms with Gasteiger partial charge >= 0.3 is 0 Å². The molecule has 0 saturated carbocycles. The highest BCUT2D eigenvalue weighted by atomic mass is 79.9. The maximum atomic E-state index is 13.7. The van der Waals surface area contributed by atoms with E-state index in [1.807, 2.05) is 66.7 Å². The van der Waals surface area contributed by atoms with Crippen molar-refractivity contribution >= 4 is 81.3 Å². The highest BCUT2D eigenvalue weighted by Gasteiger charge is 2.20. The number of ketones is 1. The molecule has 0 aliphatic heterocycles. The third kappa shape index (κ3) is 2.96. The molecular weight excluding hydrogens is 528 g/mol. The molecule has 6 rings (SSSR count). The molecule has 0 aliphatic carbocycles. The van der Waals surface area contributed by atoms with Crippen LogP contribution in [0, 0.1) is 0 Å². The SMILES string of the molecule is O=C(c1ccccc1Br)c1cccc2c3ccc(Br)cc3c3nc4ccccc4nc3c12. The smallest absolute Gasteiger partial charge is 0.194 e. The Labute approximate surface area is 200 Å². The molecule has 1 aromatic heterocycles. The highest BCUT2D eigenvalue weighted by Crippen LogP contribution is 2.38. The maximum Gasteiger partial charge on any atom is 0.194 e. The lowest BCUT2D eigenvalue weighted by Gasteiger charge is -2.14. The Kier molecular flexibility index (Phi) is 4.56. The number of carbonyl (C=O) groups is 1. The van der Waals surface area contributed by atoms with Gasteiger partial charge < -0.3 is 0 Å². The molecule has 3 nitrogen and oxygen atoms in total. The molecule has 0 radical (unpaired) electrons. The van der Waals surface area contributed by atoms with Crippen LogP contribution in [-0.4, -0.2) is 15.8 Å². The van der Waals surface area contributed by atoms with Gasteiger partial charge in [-0.3, -0.25) is 4.79 Å². The quantitative estimate of drug-likeness (QED) is 0.127. The van der Waals surface area contributed by atoms with E-state index >= 15 is 0 Å². The van der Waals surface area contributed by atoms with Crippen molar-refractivity contribution in [2.24, 2.45) is 0 Å². The van der Waals surface area contributed by atoms with Gasteiger partial charge in [-0.05, 0) is 47.2 Å². The predicted octanol–water partition coefficient (Wildman–Crippen LogP) is 7.85. The fourth-order valence-electron chi connectivity index (χ4n) is 4.32. The van der Waals surface area contributed by atoms with Crippen molar-refractivity contribution in [3.63, 3.8) is 0 Å². The second kappa shape index (κ2) is 7.47. The summed E-state index contributed by atoms with van der Waals surface area (Å²) in [5.74, 6) is -0.0456. The van der Waals surface area contributed by atoms with E-state index in [-0.39, 0.29) is 5.78 Å². The molecule has 1 heterocycles. The number of hydrogen-bond donors (Lipinski definition) is 0. The van der Waals surface area contributed by atoms with Crippen molar-refractivity contribution in [2.75, 3.05) is 0 Å². The molecule has 152 valence electrons. The zero-order chi connectivity index (χ0) is 21.8. The molecular formula is C27H14Br2N2O. The van der Waals surface area contributed by atoms with Crippen molar-refractivity contribution in [1.82, 2.24) is 9.97 Å². The van der Waals surface area contributed by atoms with Gasteiger partial charge in [0.25, 0.3) is 0 Å². The Hall–Kier alpha value is -3.15. The summed E-state index contributed by atoms with van der Waals surface area (Å²) in [7, 11) is 0. The number of aromatic nitrogens is 2. The minimum Gasteiger partial charge on any atom is -0.289 e. The van der Waals surface area contributed by atoms with Gasteiger partial charge in [-0.1, -0.05) is 80.4 Å². The molecule has 0 bridgehead atoms. The molecule has 0 fully saturated rings. The molecule has 32 heavy (non-hydrogen) atoms. The normalized spacial score (nSPS) is 11.6. The van der Waals surface area contributed by atoms with Gasteiger partial charge in [0, 0.05) is 30.8 Å². The summed E-state index contributed by atoms with van der Waals surface area (Å²) in [6.07, 6.45) is 0. The number of para-hydroxylation sites is 2. The zero-order valence-corrected chi connectivity index (χ0v) is 19.8. The minimum atomic E-state index is -0.0456. The molecule has 0 atom stereocenters. The van der Waals surface area contributed by atoms with Gasteiger partial charge in [-0.25, -0.2) is 9.97 Å². The fraction of sp³-hybridized carbons (Fsp3) is 0. The maximum absolute atomic E-state index is 13.7. The van der Waals surface area contributed by atoms with E-state index in [1.54, 1.807) is 0 Å². The number of fused-ring (bicyclic) bond motifs is 7. The Morgan fingerprint density at radius 3 is 2.09 bits per heavy atom. The van der Waals surface area contributed by atoms with Crippen molar-refractivity contribution in [2.45, 2.75) is 0 Å². The van der Waals surface area contributed by atoms with Gasteiger partial charge in [0.15, 0.2) is 5.78 Å². The van der Waals surface area contributed by atoms with Gasteiger partial charge in [-0.15, -0.1) is 0 Å². The van der Waals surface area contributed by atoms with E-state index in [0.717, 1.165) is 52.6 Å². The Morgan fingerprint density at radius 1 is 0.625 bits per heavy atom. The molecule has 0 spiro atoms. The summed E-state index contributed by atoms with van der Waals surface area (Å²) in [6.45, 7) is 0. The van der Waals surface area contributed by atoms with Crippen LogP contribution in [0.5, 0.6) is 0 Å². The van der Waals surface area contributed by atoms with Crippen LogP contribution < -0.4 is 0 Å². The van der Waals surface area contributed by atoms with E-state index in [2.05, 4.69) is 50.1 Å². The van der Waals surface area contributed by atoms with E-state index < -0.39 is 0 Å². The molecule has 0 amide bonds. The van der Waals surface area contributed by atoms with E-state index in [9.17, 15) is 4.79 Å². The van der Waals surface area contributed by atoms with Crippen molar-refractivity contribution in [1.29, 1.82) is 0 Å². The fourth-order valence-corrected chi connectivity index (χ4v) is 5.15. The lowest BCUT2D eigenvalue weighted by atomic mass is 9.92. The number of nitrogens with zero attached hydrogens (tertiary/aromatic N) is 2. The van der Waals surface area contributed by atoms with E-state index in [1.165, 1.54) is 0 Å². The van der Waals surface area contributed by atoms with Gasteiger partial charge in [-0.2, -0.15) is 0 Å². The summed E-state index contributed by atoms with van der Waals surface area (Å²) < 4.78 is 1.74. The second-order valence-electron chi connectivity index (χ2n) is 7.64. The first-order valence-electron chi connectivity index (χ1n) is 10.1. The number of benzene rings is 5. The summed E-state index contributed by atoms with van der Waals surface area (Å²) in [6, 6.07) is 27.4. The van der Waals surface area contributed by atoms with Crippen molar-refractivity contribution < 1.29 is 4.79 Å². The molecule has 5 heteroatoms. The summed E-state index contributed by atoms with van der Waals surface area (Å²) >= 11 is 7.13. The predicted molar refractivity (Wildman–Crippen MR) is 137 cm³/mol. The topological polar surface area (TPSA) is 42.9 Å². The molecule has 0 saturated heterocycles. The van der Waals surface area contributed by atoms with Crippen LogP contribution in [0.3, 0.4) is 0 Å². The lowest BCUT2D eigenvalue weighted by molar-refractivity contribution is 0.103. The number of hydrogen-bond acceptors (Lipinski definition) is 3. The van der Waals surface area contributed by atoms with Crippen LogP contribution in [0.1, 0.15) is 15.9 Å². The minimum absolute atomic E-state index is 0.0456. The van der Waals surface area contributed by atoms with E-state index in [4.69, 9.17) is 9.97 Å². The van der Waals surface area contributed by atoms with Crippen molar-refractivity contribution in [3.8, 4) is 0 Å². The van der Waals surface area contributed by atoms with Crippen LogP contribution in [0.4, 0.5) is 0 Å². The number of halogens is 2. The molecule has 0 unspecified atom stereocenters. The second-order valence-corrected chi connectivity index (χ2v) is 9.41. The van der Waals surface area contributed by atoms with Crippen LogP contribution in [0.15, 0.2) is 93.9 Å². The number of carbonyl (C=O) groups excluding carboxylic acids is 1. The third-order valence-electron chi connectivity index (χ3n) is 5.76. The average molecular weight is 542 g/mol. The van der Waals surface area contributed by atoms with Crippen LogP contribution >= 0.6 is 31.9 Å². The molecule has 0 aliphatic rings. The van der Waals surface area contributed by atoms with Crippen molar-refractivity contribution in [3.05, 3.63) is 105 Å². The first-order valence-corrected chi connectivity index (χ1v) is 11.7. The Bertz CT molecular complexity index is 1730. The molecule has 0 N–H and O–H groups in total.